The van der Waals surface area contributed by atoms with Crippen LogP contribution in [-0.4, -0.2) is 37.0 Å². The number of carbonyl (C=O) groups is 2. The number of hydrogen-bond acceptors (Lipinski definition) is 3. The summed E-state index contributed by atoms with van der Waals surface area (Å²) in [7, 11) is 1.34. The Balaban J connectivity index is 2.72. The van der Waals surface area contributed by atoms with Gasteiger partial charge in [0.05, 0.1) is 7.11 Å². The van der Waals surface area contributed by atoms with Gasteiger partial charge in [-0.3, -0.25) is 9.59 Å². The van der Waals surface area contributed by atoms with Crippen molar-refractivity contribution in [1.82, 2.24) is 4.90 Å². The first-order chi connectivity index (χ1) is 7.20. The van der Waals surface area contributed by atoms with Crippen LogP contribution in [0.1, 0.15) is 32.6 Å². The Morgan fingerprint density at radius 3 is 2.80 bits per heavy atom. The molecule has 0 aromatic heterocycles. The van der Waals surface area contributed by atoms with Crippen molar-refractivity contribution in [1.29, 1.82) is 0 Å². The Bertz CT molecular complexity index is 240. The topological polar surface area (TPSA) is 46.6 Å². The molecule has 0 spiro atoms. The lowest BCUT2D eigenvalue weighted by molar-refractivity contribution is -0.154. The molecule has 1 saturated heterocycles. The maximum Gasteiger partial charge on any atom is 0.318 e. The van der Waals surface area contributed by atoms with Crippen LogP contribution in [0.3, 0.4) is 0 Å². The van der Waals surface area contributed by atoms with Crippen LogP contribution in [0.25, 0.3) is 0 Å². The fraction of sp³-hybridized carbons (Fsp3) is 0.818. The maximum absolute atomic E-state index is 12.0. The summed E-state index contributed by atoms with van der Waals surface area (Å²) in [6.45, 7) is 3.38. The third-order valence-electron chi connectivity index (χ3n) is 2.90. The Hall–Kier alpha value is -1.06. The molecule has 1 aliphatic rings. The van der Waals surface area contributed by atoms with E-state index in [1.165, 1.54) is 7.11 Å². The minimum absolute atomic E-state index is 0.0657. The second-order valence-corrected chi connectivity index (χ2v) is 3.84. The van der Waals surface area contributed by atoms with Gasteiger partial charge in [0.15, 0.2) is 0 Å². The predicted molar refractivity (Wildman–Crippen MR) is 56.2 cm³/mol. The van der Waals surface area contributed by atoms with Crippen LogP contribution in [0.4, 0.5) is 0 Å². The molecule has 0 N–H and O–H groups in total. The first-order valence-electron chi connectivity index (χ1n) is 5.57. The van der Waals surface area contributed by atoms with Gasteiger partial charge < -0.3 is 9.64 Å². The van der Waals surface area contributed by atoms with E-state index in [1.807, 2.05) is 6.92 Å². The van der Waals surface area contributed by atoms with E-state index in [2.05, 4.69) is 4.74 Å². The highest BCUT2D eigenvalue weighted by atomic mass is 16.5. The molecule has 1 amide bonds. The van der Waals surface area contributed by atoms with Crippen molar-refractivity contribution < 1.29 is 14.3 Å². The molecule has 1 unspecified atom stereocenters. The van der Waals surface area contributed by atoms with Crippen molar-refractivity contribution in [2.75, 3.05) is 20.2 Å². The number of esters is 1. The number of carbonyl (C=O) groups excluding carboxylic acids is 2. The first kappa shape index (κ1) is 12.0. The van der Waals surface area contributed by atoms with Gasteiger partial charge in [0.25, 0.3) is 0 Å². The number of amides is 1. The fourth-order valence-corrected chi connectivity index (χ4v) is 1.96. The molecular formula is C11H19NO3. The molecule has 0 bridgehead atoms. The Labute approximate surface area is 90.6 Å². The highest BCUT2D eigenvalue weighted by molar-refractivity contribution is 5.97. The minimum atomic E-state index is -0.574. The van der Waals surface area contributed by atoms with Crippen molar-refractivity contribution in [3.63, 3.8) is 0 Å². The second-order valence-electron chi connectivity index (χ2n) is 3.84. The zero-order valence-corrected chi connectivity index (χ0v) is 9.49. The van der Waals surface area contributed by atoms with Crippen LogP contribution in [0.5, 0.6) is 0 Å². The van der Waals surface area contributed by atoms with Crippen LogP contribution in [0.2, 0.25) is 0 Å². The molecule has 0 aromatic carbocycles. The molecule has 0 radical (unpaired) electrons. The van der Waals surface area contributed by atoms with Crippen molar-refractivity contribution in [3.05, 3.63) is 0 Å². The van der Waals surface area contributed by atoms with Gasteiger partial charge in [-0.2, -0.15) is 0 Å². The first-order valence-corrected chi connectivity index (χ1v) is 5.57. The van der Waals surface area contributed by atoms with E-state index < -0.39 is 5.92 Å². The second kappa shape index (κ2) is 5.73. The van der Waals surface area contributed by atoms with Crippen LogP contribution in [-0.2, 0) is 14.3 Å². The number of likely N-dealkylation sites (tertiary alicyclic amines) is 1. The van der Waals surface area contributed by atoms with E-state index in [0.29, 0.717) is 13.0 Å². The lowest BCUT2D eigenvalue weighted by atomic mass is 9.97. The third kappa shape index (κ3) is 2.94. The average molecular weight is 213 g/mol. The molecule has 0 aliphatic carbocycles. The fourth-order valence-electron chi connectivity index (χ4n) is 1.96. The Morgan fingerprint density at radius 2 is 2.20 bits per heavy atom. The van der Waals surface area contributed by atoms with Gasteiger partial charge in [0.1, 0.15) is 5.92 Å². The summed E-state index contributed by atoms with van der Waals surface area (Å²) < 4.78 is 4.66. The smallest absolute Gasteiger partial charge is 0.318 e. The predicted octanol–water partition coefficient (Wildman–Crippen LogP) is 1.20. The molecule has 1 rings (SSSR count). The molecule has 1 fully saturated rings. The molecule has 1 heterocycles. The summed E-state index contributed by atoms with van der Waals surface area (Å²) in [5.74, 6) is -1.03. The Morgan fingerprint density at radius 1 is 1.47 bits per heavy atom. The van der Waals surface area contributed by atoms with E-state index >= 15 is 0 Å². The van der Waals surface area contributed by atoms with Gasteiger partial charge in [-0.1, -0.05) is 12.8 Å². The van der Waals surface area contributed by atoms with Crippen LogP contribution in [0.15, 0.2) is 0 Å². The van der Waals surface area contributed by atoms with E-state index in [0.717, 1.165) is 25.8 Å². The summed E-state index contributed by atoms with van der Waals surface area (Å²) >= 11 is 0. The molecule has 0 saturated carbocycles. The van der Waals surface area contributed by atoms with Crippen molar-refractivity contribution in [3.8, 4) is 0 Å². The summed E-state index contributed by atoms with van der Waals surface area (Å²) in [6, 6.07) is 0. The van der Waals surface area contributed by atoms with Crippen LogP contribution < -0.4 is 0 Å². The standard InChI is InChI=1S/C11H19NO3/c1-3-12-8-6-4-5-7-9(10(12)13)11(14)15-2/h9H,3-8H2,1-2H3. The average Bonchev–Trinajstić information content (AvgIpc) is 2.24. The molecule has 1 atom stereocenters. The zero-order valence-electron chi connectivity index (χ0n) is 9.49. The molecular weight excluding hydrogens is 194 g/mol. The van der Waals surface area contributed by atoms with Gasteiger partial charge in [0, 0.05) is 13.1 Å². The molecule has 4 nitrogen and oxygen atoms in total. The highest BCUT2D eigenvalue weighted by Gasteiger charge is 2.31. The number of methoxy groups -OCH3 is 1. The SMILES string of the molecule is CCN1CCCCCC(C(=O)OC)C1=O. The van der Waals surface area contributed by atoms with Gasteiger partial charge >= 0.3 is 5.97 Å². The van der Waals surface area contributed by atoms with E-state index in [4.69, 9.17) is 0 Å². The Kier molecular flexibility index (Phi) is 4.59. The number of ether oxygens (including phenoxy) is 1. The quantitative estimate of drug-likeness (QED) is 0.511. The summed E-state index contributed by atoms with van der Waals surface area (Å²) in [5, 5.41) is 0. The summed E-state index contributed by atoms with van der Waals surface area (Å²) in [5.41, 5.74) is 0. The van der Waals surface area contributed by atoms with E-state index in [9.17, 15) is 9.59 Å². The summed E-state index contributed by atoms with van der Waals surface area (Å²) in [6.07, 6.45) is 3.68. The van der Waals surface area contributed by atoms with Crippen molar-refractivity contribution >= 4 is 11.9 Å². The molecule has 1 aliphatic heterocycles. The zero-order chi connectivity index (χ0) is 11.3. The number of hydrogen-bond donors (Lipinski definition) is 0. The van der Waals surface area contributed by atoms with Crippen LogP contribution in [0, 0.1) is 5.92 Å². The molecule has 4 heteroatoms. The molecule has 15 heavy (non-hydrogen) atoms. The van der Waals surface area contributed by atoms with Crippen molar-refractivity contribution in [2.24, 2.45) is 5.92 Å². The third-order valence-corrected chi connectivity index (χ3v) is 2.90. The molecule has 86 valence electrons. The highest BCUT2D eigenvalue weighted by Crippen LogP contribution is 2.18. The minimum Gasteiger partial charge on any atom is -0.468 e. The number of rotatable bonds is 2. The maximum atomic E-state index is 12.0. The van der Waals surface area contributed by atoms with E-state index in [1.54, 1.807) is 4.90 Å². The van der Waals surface area contributed by atoms with Gasteiger partial charge in [0.2, 0.25) is 5.91 Å². The van der Waals surface area contributed by atoms with Crippen LogP contribution >= 0.6 is 0 Å². The van der Waals surface area contributed by atoms with Gasteiger partial charge in [-0.05, 0) is 19.8 Å². The lowest BCUT2D eigenvalue weighted by Gasteiger charge is -2.27. The monoisotopic (exact) mass is 213 g/mol. The number of nitrogens with zero attached hydrogens (tertiary/aromatic N) is 1. The van der Waals surface area contributed by atoms with Gasteiger partial charge in [-0.15, -0.1) is 0 Å². The van der Waals surface area contributed by atoms with Gasteiger partial charge in [-0.25, -0.2) is 0 Å². The lowest BCUT2D eigenvalue weighted by Crippen LogP contribution is -2.41. The summed E-state index contributed by atoms with van der Waals surface area (Å²) in [4.78, 5) is 25.1. The van der Waals surface area contributed by atoms with Crippen molar-refractivity contribution in [2.45, 2.75) is 32.6 Å². The van der Waals surface area contributed by atoms with E-state index in [-0.39, 0.29) is 11.9 Å². The normalized spacial score (nSPS) is 23.2. The molecule has 0 aromatic rings. The largest absolute Gasteiger partial charge is 0.468 e.